The number of nitrogens with zero attached hydrogens (tertiary/aromatic N) is 1. The summed E-state index contributed by atoms with van der Waals surface area (Å²) in [5, 5.41) is 0.0593. The van der Waals surface area contributed by atoms with Crippen LogP contribution in [0.25, 0.3) is 0 Å². The number of hydrogen-bond acceptors (Lipinski definition) is 1. The van der Waals surface area contributed by atoms with Crippen molar-refractivity contribution in [3.8, 4) is 0 Å². The summed E-state index contributed by atoms with van der Waals surface area (Å²) in [6.45, 7) is 0. The number of carbonyl (C=O) groups is 1. The number of carbonyl (C=O) groups excluding carboxylic acids is 1. The highest BCUT2D eigenvalue weighted by Gasteiger charge is 2.61. The van der Waals surface area contributed by atoms with Crippen molar-refractivity contribution in [2.45, 2.75) is 36.6 Å². The Balaban J connectivity index is 1.89. The molecule has 2 fully saturated rings. The first-order valence-electron chi connectivity index (χ1n) is 6.27. The van der Waals surface area contributed by atoms with Gasteiger partial charge in [-0.3, -0.25) is 4.79 Å². The van der Waals surface area contributed by atoms with Crippen molar-refractivity contribution in [3.05, 3.63) is 29.8 Å². The average Bonchev–Trinajstić information content (AvgIpc) is 2.80. The minimum Gasteiger partial charge on any atom is -0.306 e. The second kappa shape index (κ2) is 3.05. The molecule has 1 spiro atoms. The summed E-state index contributed by atoms with van der Waals surface area (Å²) in [4.78, 5) is 14.5. The maximum Gasteiger partial charge on any atom is 0.232 e. The summed E-state index contributed by atoms with van der Waals surface area (Å²) >= 11 is 6.30. The standard InChI is InChI=1S/C14H14ClNO/c15-11-8-14-6-5-9-3-1-2-4-12(9)16(14)13(17)10(11)7-14/h1-4,10-11H,5-8H2/t10-,11?,14-/m0/s1. The fraction of sp³-hybridized carbons (Fsp3) is 0.500. The molecule has 2 aliphatic heterocycles. The Morgan fingerprint density at radius 2 is 2.12 bits per heavy atom. The molecule has 1 aromatic carbocycles. The minimum atomic E-state index is 0.0442. The Kier molecular flexibility index (Phi) is 1.79. The van der Waals surface area contributed by atoms with Crippen LogP contribution in [0.1, 0.15) is 24.8 Å². The Labute approximate surface area is 106 Å². The first-order chi connectivity index (χ1) is 8.21. The van der Waals surface area contributed by atoms with E-state index in [1.165, 1.54) is 5.56 Å². The van der Waals surface area contributed by atoms with Crippen LogP contribution in [0.4, 0.5) is 5.69 Å². The summed E-state index contributed by atoms with van der Waals surface area (Å²) in [6, 6.07) is 8.30. The van der Waals surface area contributed by atoms with Crippen molar-refractivity contribution >= 4 is 23.2 Å². The number of aryl methyl sites for hydroxylation is 1. The molecular weight excluding hydrogens is 234 g/mol. The first kappa shape index (κ1) is 9.95. The lowest BCUT2D eigenvalue weighted by molar-refractivity contribution is -0.121. The zero-order valence-corrected chi connectivity index (χ0v) is 10.3. The Morgan fingerprint density at radius 3 is 3.00 bits per heavy atom. The SMILES string of the molecule is O=C1[C@H]2C[C@@]3(CCc4ccccc4N13)CC2Cl. The molecule has 17 heavy (non-hydrogen) atoms. The molecule has 2 nitrogen and oxygen atoms in total. The van der Waals surface area contributed by atoms with Gasteiger partial charge in [-0.2, -0.15) is 0 Å². The third kappa shape index (κ3) is 1.10. The fourth-order valence-corrected chi connectivity index (χ4v) is 4.43. The molecular formula is C14H14ClNO. The number of amides is 1. The second-order valence-corrected chi connectivity index (χ2v) is 6.12. The van der Waals surface area contributed by atoms with Gasteiger partial charge in [0.2, 0.25) is 5.91 Å². The average molecular weight is 248 g/mol. The van der Waals surface area contributed by atoms with Crippen molar-refractivity contribution in [1.29, 1.82) is 0 Å². The molecule has 4 rings (SSSR count). The van der Waals surface area contributed by atoms with Crippen molar-refractivity contribution in [3.63, 3.8) is 0 Å². The van der Waals surface area contributed by atoms with E-state index in [9.17, 15) is 4.79 Å². The molecule has 1 aromatic rings. The molecule has 2 heterocycles. The van der Waals surface area contributed by atoms with E-state index in [1.807, 2.05) is 6.07 Å². The molecule has 0 aromatic heterocycles. The normalized spacial score (nSPS) is 38.2. The maximum absolute atomic E-state index is 12.4. The van der Waals surface area contributed by atoms with E-state index in [-0.39, 0.29) is 22.7 Å². The van der Waals surface area contributed by atoms with Gasteiger partial charge in [-0.25, -0.2) is 0 Å². The number of benzene rings is 1. The van der Waals surface area contributed by atoms with E-state index in [4.69, 9.17) is 11.6 Å². The Bertz CT molecular complexity index is 515. The Hall–Kier alpha value is -1.02. The van der Waals surface area contributed by atoms with E-state index >= 15 is 0 Å². The molecule has 1 aliphatic carbocycles. The van der Waals surface area contributed by atoms with E-state index in [2.05, 4.69) is 23.1 Å². The lowest BCUT2D eigenvalue weighted by Gasteiger charge is -2.44. The molecule has 2 bridgehead atoms. The number of fused-ring (bicyclic) bond motifs is 3. The highest BCUT2D eigenvalue weighted by Crippen LogP contribution is 2.55. The van der Waals surface area contributed by atoms with Crippen LogP contribution in [-0.4, -0.2) is 16.8 Å². The third-order valence-electron chi connectivity index (χ3n) is 4.72. The quantitative estimate of drug-likeness (QED) is 0.646. The van der Waals surface area contributed by atoms with Crippen LogP contribution >= 0.6 is 11.6 Å². The second-order valence-electron chi connectivity index (χ2n) is 5.56. The van der Waals surface area contributed by atoms with Crippen molar-refractivity contribution in [1.82, 2.24) is 0 Å². The smallest absolute Gasteiger partial charge is 0.232 e. The molecule has 3 aliphatic rings. The summed E-state index contributed by atoms with van der Waals surface area (Å²) in [5.74, 6) is 0.311. The zero-order valence-electron chi connectivity index (χ0n) is 9.53. The number of anilines is 1. The predicted molar refractivity (Wildman–Crippen MR) is 67.3 cm³/mol. The summed E-state index contributed by atoms with van der Waals surface area (Å²) in [6.07, 6.45) is 4.10. The lowest BCUT2D eigenvalue weighted by atomic mass is 9.84. The summed E-state index contributed by atoms with van der Waals surface area (Å²) in [5.41, 5.74) is 2.49. The van der Waals surface area contributed by atoms with E-state index in [1.54, 1.807) is 0 Å². The number of piperidine rings is 1. The molecule has 1 amide bonds. The van der Waals surface area contributed by atoms with Crippen molar-refractivity contribution < 1.29 is 4.79 Å². The fourth-order valence-electron chi connectivity index (χ4n) is 3.95. The van der Waals surface area contributed by atoms with Gasteiger partial charge >= 0.3 is 0 Å². The maximum atomic E-state index is 12.4. The molecule has 3 atom stereocenters. The topological polar surface area (TPSA) is 20.3 Å². The lowest BCUT2D eigenvalue weighted by Crippen LogP contribution is -2.52. The molecule has 1 unspecified atom stereocenters. The van der Waals surface area contributed by atoms with Gasteiger partial charge in [0, 0.05) is 11.1 Å². The summed E-state index contributed by atoms with van der Waals surface area (Å²) in [7, 11) is 0. The molecule has 0 radical (unpaired) electrons. The van der Waals surface area contributed by atoms with Gasteiger partial charge in [-0.05, 0) is 37.3 Å². The van der Waals surface area contributed by atoms with E-state index < -0.39 is 0 Å². The molecule has 0 N–H and O–H groups in total. The first-order valence-corrected chi connectivity index (χ1v) is 6.71. The highest BCUT2D eigenvalue weighted by molar-refractivity contribution is 6.24. The zero-order chi connectivity index (χ0) is 11.6. The number of halogens is 1. The number of alkyl halides is 1. The van der Waals surface area contributed by atoms with Crippen LogP contribution < -0.4 is 4.90 Å². The minimum absolute atomic E-state index is 0.0442. The van der Waals surface area contributed by atoms with Crippen LogP contribution in [0.15, 0.2) is 24.3 Å². The van der Waals surface area contributed by atoms with E-state index in [0.29, 0.717) is 0 Å². The van der Waals surface area contributed by atoms with Crippen molar-refractivity contribution in [2.75, 3.05) is 4.90 Å². The molecule has 1 saturated heterocycles. The van der Waals surface area contributed by atoms with Gasteiger partial charge < -0.3 is 4.90 Å². The van der Waals surface area contributed by atoms with Gasteiger partial charge in [0.15, 0.2) is 0 Å². The van der Waals surface area contributed by atoms with Gasteiger partial charge in [-0.1, -0.05) is 18.2 Å². The molecule has 88 valence electrons. The Morgan fingerprint density at radius 1 is 1.29 bits per heavy atom. The van der Waals surface area contributed by atoms with Crippen LogP contribution in [0, 0.1) is 5.92 Å². The monoisotopic (exact) mass is 247 g/mol. The van der Waals surface area contributed by atoms with Crippen LogP contribution in [0.5, 0.6) is 0 Å². The molecule has 3 heteroatoms. The van der Waals surface area contributed by atoms with Gasteiger partial charge in [0.05, 0.1) is 11.5 Å². The predicted octanol–water partition coefficient (Wildman–Crippen LogP) is 2.74. The summed E-state index contributed by atoms with van der Waals surface area (Å²) < 4.78 is 0. The van der Waals surface area contributed by atoms with Crippen LogP contribution in [0.3, 0.4) is 0 Å². The van der Waals surface area contributed by atoms with Gasteiger partial charge in [0.1, 0.15) is 0 Å². The van der Waals surface area contributed by atoms with Gasteiger partial charge in [0.25, 0.3) is 0 Å². The van der Waals surface area contributed by atoms with Crippen molar-refractivity contribution in [2.24, 2.45) is 5.92 Å². The number of rotatable bonds is 0. The number of para-hydroxylation sites is 1. The molecule has 1 saturated carbocycles. The number of hydrogen-bond donors (Lipinski definition) is 0. The van der Waals surface area contributed by atoms with Gasteiger partial charge in [-0.15, -0.1) is 11.6 Å². The largest absolute Gasteiger partial charge is 0.306 e. The van der Waals surface area contributed by atoms with Crippen LogP contribution in [-0.2, 0) is 11.2 Å². The highest BCUT2D eigenvalue weighted by atomic mass is 35.5. The third-order valence-corrected chi connectivity index (χ3v) is 5.17. The van der Waals surface area contributed by atoms with E-state index in [0.717, 1.165) is 31.4 Å². The van der Waals surface area contributed by atoms with Crippen LogP contribution in [0.2, 0.25) is 0 Å².